The number of hydrogen-bond donors (Lipinski definition) is 0. The third kappa shape index (κ3) is 4.79. The highest BCUT2D eigenvalue weighted by Crippen LogP contribution is 2.24. The van der Waals surface area contributed by atoms with E-state index in [4.69, 9.17) is 16.3 Å². The van der Waals surface area contributed by atoms with Gasteiger partial charge in [-0.05, 0) is 25.6 Å². The number of carbonyl (C=O) groups is 1. The Hall–Kier alpha value is -1.66. The van der Waals surface area contributed by atoms with Crippen molar-refractivity contribution in [1.29, 1.82) is 0 Å². The Kier molecular flexibility index (Phi) is 6.41. The van der Waals surface area contributed by atoms with Crippen LogP contribution in [-0.4, -0.2) is 35.5 Å². The molecule has 0 saturated heterocycles. The number of halogens is 1. The molecule has 1 aromatic carbocycles. The monoisotopic (exact) mass is 300 g/mol. The summed E-state index contributed by atoms with van der Waals surface area (Å²) in [5.74, 6) is -0.342. The average Bonchev–Trinajstić information content (AvgIpc) is 2.39. The number of ether oxygens (including phenoxy) is 1. The zero-order valence-corrected chi connectivity index (χ0v) is 12.2. The lowest BCUT2D eigenvalue weighted by atomic mass is 10.1. The number of carbonyl (C=O) groups excluding carboxylic acids is 1. The van der Waals surface area contributed by atoms with Crippen molar-refractivity contribution >= 4 is 23.3 Å². The minimum atomic E-state index is -0.473. The first kappa shape index (κ1) is 16.4. The molecule has 7 heteroatoms. The molecule has 0 amide bonds. The maximum absolute atomic E-state index is 11.5. The van der Waals surface area contributed by atoms with Gasteiger partial charge in [0.1, 0.15) is 0 Å². The molecule has 6 nitrogen and oxygen atoms in total. The first-order valence-corrected chi connectivity index (χ1v) is 6.66. The van der Waals surface area contributed by atoms with Crippen LogP contribution in [0.25, 0.3) is 0 Å². The maximum atomic E-state index is 11.5. The standard InChI is InChI=1S/C13H17ClN2O4/c1-3-15(9-13(17)20-4-2)8-10-5-6-11(14)7-12(10)16(18)19/h5-7H,3-4,8-9H2,1-2H3. The van der Waals surface area contributed by atoms with E-state index in [-0.39, 0.29) is 18.2 Å². The van der Waals surface area contributed by atoms with Crippen molar-refractivity contribution in [3.63, 3.8) is 0 Å². The van der Waals surface area contributed by atoms with Crippen LogP contribution in [0.1, 0.15) is 19.4 Å². The minimum absolute atomic E-state index is 0.0418. The summed E-state index contributed by atoms with van der Waals surface area (Å²) in [6.45, 7) is 4.90. The van der Waals surface area contributed by atoms with Crippen LogP contribution >= 0.6 is 11.6 Å². The van der Waals surface area contributed by atoms with Crippen LogP contribution in [0.2, 0.25) is 5.02 Å². The number of nitro groups is 1. The van der Waals surface area contributed by atoms with Crippen LogP contribution in [0, 0.1) is 10.1 Å². The molecule has 0 heterocycles. The van der Waals surface area contributed by atoms with E-state index >= 15 is 0 Å². The molecular weight excluding hydrogens is 284 g/mol. The van der Waals surface area contributed by atoms with E-state index in [1.807, 2.05) is 6.92 Å². The normalized spacial score (nSPS) is 10.6. The van der Waals surface area contributed by atoms with Crippen LogP contribution in [-0.2, 0) is 16.1 Å². The molecule has 1 aromatic rings. The number of rotatable bonds is 7. The molecule has 0 radical (unpaired) electrons. The summed E-state index contributed by atoms with van der Waals surface area (Å²) in [6, 6.07) is 4.52. The molecule has 0 aliphatic heterocycles. The summed E-state index contributed by atoms with van der Waals surface area (Å²) in [5.41, 5.74) is 0.477. The van der Waals surface area contributed by atoms with Crippen molar-refractivity contribution in [3.8, 4) is 0 Å². The van der Waals surface area contributed by atoms with Gasteiger partial charge in [-0.2, -0.15) is 0 Å². The predicted molar refractivity (Wildman–Crippen MR) is 75.7 cm³/mol. The van der Waals surface area contributed by atoms with Gasteiger partial charge in [-0.1, -0.05) is 18.5 Å². The van der Waals surface area contributed by atoms with Gasteiger partial charge in [-0.3, -0.25) is 19.8 Å². The molecular formula is C13H17ClN2O4. The molecule has 20 heavy (non-hydrogen) atoms. The van der Waals surface area contributed by atoms with Crippen molar-refractivity contribution < 1.29 is 14.5 Å². The van der Waals surface area contributed by atoms with Crippen LogP contribution in [0.3, 0.4) is 0 Å². The summed E-state index contributed by atoms with van der Waals surface area (Å²) in [7, 11) is 0. The number of benzene rings is 1. The van der Waals surface area contributed by atoms with Crippen molar-refractivity contribution in [3.05, 3.63) is 38.9 Å². The molecule has 0 saturated carbocycles. The Morgan fingerprint density at radius 2 is 2.15 bits per heavy atom. The molecule has 1 rings (SSSR count). The molecule has 0 aromatic heterocycles. The molecule has 0 bridgehead atoms. The first-order chi connectivity index (χ1) is 9.47. The second kappa shape index (κ2) is 7.81. The quantitative estimate of drug-likeness (QED) is 0.440. The Balaban J connectivity index is 2.84. The zero-order valence-electron chi connectivity index (χ0n) is 11.5. The first-order valence-electron chi connectivity index (χ1n) is 6.28. The number of esters is 1. The number of likely N-dealkylation sites (N-methyl/N-ethyl adjacent to an activating group) is 1. The van der Waals surface area contributed by atoms with Crippen LogP contribution in [0.15, 0.2) is 18.2 Å². The maximum Gasteiger partial charge on any atom is 0.320 e. The molecule has 0 aliphatic rings. The largest absolute Gasteiger partial charge is 0.465 e. The Labute approximate surface area is 122 Å². The topological polar surface area (TPSA) is 72.7 Å². The lowest BCUT2D eigenvalue weighted by Gasteiger charge is -2.19. The van der Waals surface area contributed by atoms with Crippen LogP contribution in [0.4, 0.5) is 5.69 Å². The van der Waals surface area contributed by atoms with Gasteiger partial charge in [-0.15, -0.1) is 0 Å². The van der Waals surface area contributed by atoms with Crippen molar-refractivity contribution in [2.45, 2.75) is 20.4 Å². The van der Waals surface area contributed by atoms with Gasteiger partial charge in [0.2, 0.25) is 0 Å². The SMILES string of the molecule is CCOC(=O)CN(CC)Cc1ccc(Cl)cc1[N+](=O)[O-]. The molecule has 0 unspecified atom stereocenters. The summed E-state index contributed by atoms with van der Waals surface area (Å²) < 4.78 is 4.87. The van der Waals surface area contributed by atoms with Crippen molar-refractivity contribution in [2.75, 3.05) is 19.7 Å². The Bertz CT molecular complexity index is 493. The van der Waals surface area contributed by atoms with Gasteiger partial charge < -0.3 is 4.74 Å². The van der Waals surface area contributed by atoms with Gasteiger partial charge >= 0.3 is 5.97 Å². The predicted octanol–water partition coefficient (Wildman–Crippen LogP) is 2.63. The molecule has 110 valence electrons. The number of nitro benzene ring substituents is 1. The highest BCUT2D eigenvalue weighted by atomic mass is 35.5. The van der Waals surface area contributed by atoms with Crippen LogP contribution < -0.4 is 0 Å². The second-order valence-electron chi connectivity index (χ2n) is 4.14. The van der Waals surface area contributed by atoms with Crippen molar-refractivity contribution in [1.82, 2.24) is 4.90 Å². The molecule has 0 aliphatic carbocycles. The highest BCUT2D eigenvalue weighted by molar-refractivity contribution is 6.30. The van der Waals surface area contributed by atoms with E-state index in [0.717, 1.165) is 0 Å². The van der Waals surface area contributed by atoms with E-state index in [1.54, 1.807) is 24.0 Å². The molecule has 0 N–H and O–H groups in total. The van der Waals surface area contributed by atoms with Crippen molar-refractivity contribution in [2.24, 2.45) is 0 Å². The van der Waals surface area contributed by atoms with Crippen LogP contribution in [0.5, 0.6) is 0 Å². The average molecular weight is 301 g/mol. The van der Waals surface area contributed by atoms with E-state index in [2.05, 4.69) is 0 Å². The lowest BCUT2D eigenvalue weighted by Crippen LogP contribution is -2.30. The summed E-state index contributed by atoms with van der Waals surface area (Å²) in [6.07, 6.45) is 0. The van der Waals surface area contributed by atoms with Gasteiger partial charge in [0.05, 0.1) is 18.1 Å². The van der Waals surface area contributed by atoms with Gasteiger partial charge in [0.25, 0.3) is 5.69 Å². The Morgan fingerprint density at radius 3 is 2.70 bits per heavy atom. The Morgan fingerprint density at radius 1 is 1.45 bits per heavy atom. The molecule has 0 atom stereocenters. The summed E-state index contributed by atoms with van der Waals surface area (Å²) in [5, 5.41) is 11.3. The van der Waals surface area contributed by atoms with Gasteiger partial charge in [0, 0.05) is 23.2 Å². The van der Waals surface area contributed by atoms with E-state index < -0.39 is 4.92 Å². The molecule has 0 spiro atoms. The second-order valence-corrected chi connectivity index (χ2v) is 4.57. The third-order valence-corrected chi connectivity index (χ3v) is 2.98. The number of nitrogens with zero attached hydrogens (tertiary/aromatic N) is 2. The smallest absolute Gasteiger partial charge is 0.320 e. The van der Waals surface area contributed by atoms with E-state index in [0.29, 0.717) is 30.3 Å². The van der Waals surface area contributed by atoms with Gasteiger partial charge in [0.15, 0.2) is 0 Å². The van der Waals surface area contributed by atoms with E-state index in [1.165, 1.54) is 6.07 Å². The zero-order chi connectivity index (χ0) is 15.1. The minimum Gasteiger partial charge on any atom is -0.465 e. The lowest BCUT2D eigenvalue weighted by molar-refractivity contribution is -0.385. The van der Waals surface area contributed by atoms with E-state index in [9.17, 15) is 14.9 Å². The highest BCUT2D eigenvalue weighted by Gasteiger charge is 2.18. The van der Waals surface area contributed by atoms with Gasteiger partial charge in [-0.25, -0.2) is 0 Å². The fraction of sp³-hybridized carbons (Fsp3) is 0.462. The molecule has 0 fully saturated rings. The number of hydrogen-bond acceptors (Lipinski definition) is 5. The fourth-order valence-corrected chi connectivity index (χ4v) is 1.92. The fourth-order valence-electron chi connectivity index (χ4n) is 1.75. The third-order valence-electron chi connectivity index (χ3n) is 2.74. The summed E-state index contributed by atoms with van der Waals surface area (Å²) >= 11 is 5.76. The summed E-state index contributed by atoms with van der Waals surface area (Å²) in [4.78, 5) is 23.8.